The van der Waals surface area contributed by atoms with E-state index in [0.717, 1.165) is 4.90 Å². The number of fused-ring (bicyclic) bond motifs is 1. The van der Waals surface area contributed by atoms with Gasteiger partial charge in [0.05, 0.1) is 6.61 Å². The maximum atomic E-state index is 12.2. The highest BCUT2D eigenvalue weighted by Gasteiger charge is 2.54. The lowest BCUT2D eigenvalue weighted by Gasteiger charge is -2.49. The Kier molecular flexibility index (Phi) is 4.00. The number of carboxylic acids is 1. The van der Waals surface area contributed by atoms with Gasteiger partial charge in [-0.1, -0.05) is 0 Å². The highest BCUT2D eigenvalue weighted by Crippen LogP contribution is 2.40. The summed E-state index contributed by atoms with van der Waals surface area (Å²) in [7, 11) is 0. The zero-order chi connectivity index (χ0) is 16.6. The van der Waals surface area contributed by atoms with Gasteiger partial charge in [0.25, 0.3) is 5.91 Å². The summed E-state index contributed by atoms with van der Waals surface area (Å²) >= 11 is 1.29. The number of aromatic nitrogens is 4. The molecule has 0 saturated carbocycles. The van der Waals surface area contributed by atoms with Crippen LogP contribution >= 0.6 is 11.8 Å². The molecule has 0 aliphatic carbocycles. The molecule has 3 rings (SSSR count). The lowest BCUT2D eigenvalue weighted by Crippen LogP contribution is -2.70. The lowest BCUT2D eigenvalue weighted by molar-refractivity contribution is -0.150. The Morgan fingerprint density at radius 3 is 2.87 bits per heavy atom. The molecule has 0 bridgehead atoms. The monoisotopic (exact) mass is 340 g/mol. The normalized spacial score (nSPS) is 23.3. The van der Waals surface area contributed by atoms with Crippen LogP contribution < -0.4 is 5.32 Å². The Hall–Kier alpha value is -2.47. The summed E-state index contributed by atoms with van der Waals surface area (Å²) in [4.78, 5) is 36.5. The number of nitrogens with zero attached hydrogens (tertiary/aromatic N) is 5. The SMILES string of the molecule is O=C(Cn1cnnn1)NC1C(=O)N2C(C(=O)O)=C(CO)CSC12. The van der Waals surface area contributed by atoms with E-state index in [1.165, 1.54) is 22.8 Å². The van der Waals surface area contributed by atoms with Gasteiger partial charge in [0.1, 0.15) is 30.0 Å². The summed E-state index contributed by atoms with van der Waals surface area (Å²) in [6.45, 7) is -0.570. The Morgan fingerprint density at radius 2 is 2.26 bits per heavy atom. The zero-order valence-corrected chi connectivity index (χ0v) is 12.4. The minimum Gasteiger partial charge on any atom is -0.477 e. The van der Waals surface area contributed by atoms with Crippen molar-refractivity contribution >= 4 is 29.5 Å². The molecule has 2 unspecified atom stereocenters. The molecule has 2 aliphatic heterocycles. The van der Waals surface area contributed by atoms with Crippen molar-refractivity contribution in [2.45, 2.75) is 18.0 Å². The molecule has 23 heavy (non-hydrogen) atoms. The van der Waals surface area contributed by atoms with Crippen molar-refractivity contribution in [2.75, 3.05) is 12.4 Å². The van der Waals surface area contributed by atoms with Crippen molar-refractivity contribution in [2.24, 2.45) is 0 Å². The van der Waals surface area contributed by atoms with Gasteiger partial charge in [-0.2, -0.15) is 0 Å². The molecule has 2 atom stereocenters. The average Bonchev–Trinajstić information content (AvgIpc) is 3.03. The van der Waals surface area contributed by atoms with Gasteiger partial charge in [-0.15, -0.1) is 16.9 Å². The van der Waals surface area contributed by atoms with Crippen molar-refractivity contribution in [1.29, 1.82) is 0 Å². The maximum absolute atomic E-state index is 12.2. The van der Waals surface area contributed by atoms with E-state index in [1.807, 2.05) is 0 Å². The van der Waals surface area contributed by atoms with E-state index in [0.29, 0.717) is 0 Å². The maximum Gasteiger partial charge on any atom is 0.352 e. The third-order valence-corrected chi connectivity index (χ3v) is 4.79. The van der Waals surface area contributed by atoms with E-state index in [4.69, 9.17) is 0 Å². The molecule has 12 heteroatoms. The summed E-state index contributed by atoms with van der Waals surface area (Å²) in [5.41, 5.74) is 0.0813. The standard InChI is InChI=1S/C11H12N6O5S/c18-2-5-3-23-10-7(9(20)17(10)8(5)11(21)22)13-6(19)1-16-4-12-14-15-16/h4,7,10,18H,1-3H2,(H,13,19)(H,21,22). The molecule has 11 nitrogen and oxygen atoms in total. The van der Waals surface area contributed by atoms with E-state index >= 15 is 0 Å². The minimum absolute atomic E-state index is 0.141. The van der Waals surface area contributed by atoms with Crippen LogP contribution in [0.25, 0.3) is 0 Å². The van der Waals surface area contributed by atoms with Crippen molar-refractivity contribution in [3.8, 4) is 0 Å². The molecule has 3 N–H and O–H groups in total. The highest BCUT2D eigenvalue weighted by atomic mass is 32.2. The number of thioether (sulfide) groups is 1. The van der Waals surface area contributed by atoms with Crippen molar-refractivity contribution < 1.29 is 24.6 Å². The summed E-state index contributed by atoms with van der Waals surface area (Å²) in [6, 6.07) is -0.807. The third kappa shape index (κ3) is 2.66. The molecule has 0 radical (unpaired) electrons. The van der Waals surface area contributed by atoms with Crippen LogP contribution in [0.3, 0.4) is 0 Å². The van der Waals surface area contributed by atoms with Crippen LogP contribution in [0.1, 0.15) is 0 Å². The molecule has 1 aromatic heterocycles. The number of aliphatic carboxylic acids is 1. The first-order chi connectivity index (χ1) is 11.0. The zero-order valence-electron chi connectivity index (χ0n) is 11.6. The summed E-state index contributed by atoms with van der Waals surface area (Å²) in [5.74, 6) is -1.96. The molecular formula is C11H12N6O5S. The predicted molar refractivity (Wildman–Crippen MR) is 74.6 cm³/mol. The van der Waals surface area contributed by atoms with Crippen molar-refractivity contribution in [1.82, 2.24) is 30.4 Å². The molecule has 1 saturated heterocycles. The topological polar surface area (TPSA) is 151 Å². The van der Waals surface area contributed by atoms with Crippen molar-refractivity contribution in [3.63, 3.8) is 0 Å². The van der Waals surface area contributed by atoms with Crippen LogP contribution in [0.2, 0.25) is 0 Å². The van der Waals surface area contributed by atoms with Gasteiger partial charge in [0.15, 0.2) is 0 Å². The Labute approximate surface area is 133 Å². The average molecular weight is 340 g/mol. The number of carbonyl (C=O) groups excluding carboxylic acids is 2. The van der Waals surface area contributed by atoms with Crippen LogP contribution in [0.15, 0.2) is 17.6 Å². The van der Waals surface area contributed by atoms with E-state index in [-0.39, 0.29) is 23.6 Å². The van der Waals surface area contributed by atoms with E-state index in [2.05, 4.69) is 20.8 Å². The van der Waals surface area contributed by atoms with Crippen LogP contribution in [-0.2, 0) is 20.9 Å². The van der Waals surface area contributed by atoms with Gasteiger partial charge in [0.2, 0.25) is 5.91 Å². The van der Waals surface area contributed by atoms with Crippen LogP contribution in [0.4, 0.5) is 0 Å². The van der Waals surface area contributed by atoms with Gasteiger partial charge in [0, 0.05) is 5.75 Å². The van der Waals surface area contributed by atoms with E-state index in [1.54, 1.807) is 0 Å². The van der Waals surface area contributed by atoms with Crippen LogP contribution in [0, 0.1) is 0 Å². The Balaban J connectivity index is 1.69. The van der Waals surface area contributed by atoms with Gasteiger partial charge in [-0.25, -0.2) is 9.48 Å². The van der Waals surface area contributed by atoms with Gasteiger partial charge >= 0.3 is 5.97 Å². The predicted octanol–water partition coefficient (Wildman–Crippen LogP) is -2.60. The molecule has 2 aliphatic rings. The van der Waals surface area contributed by atoms with Gasteiger partial charge in [-0.05, 0) is 16.0 Å². The second-order valence-electron chi connectivity index (χ2n) is 4.88. The Morgan fingerprint density at radius 1 is 1.48 bits per heavy atom. The fourth-order valence-electron chi connectivity index (χ4n) is 2.42. The van der Waals surface area contributed by atoms with Gasteiger partial charge < -0.3 is 15.5 Å². The minimum atomic E-state index is -1.27. The molecule has 2 amide bonds. The third-order valence-electron chi connectivity index (χ3n) is 3.45. The van der Waals surface area contributed by atoms with Crippen LogP contribution in [-0.4, -0.2) is 76.9 Å². The number of β-lactam (4-membered cyclic amide) rings is 1. The van der Waals surface area contributed by atoms with E-state index < -0.39 is 35.8 Å². The first-order valence-corrected chi connectivity index (χ1v) is 7.58. The molecule has 0 aromatic carbocycles. The molecule has 1 aromatic rings. The fraction of sp³-hybridized carbons (Fsp3) is 0.455. The number of hydrogen-bond donors (Lipinski definition) is 3. The number of aliphatic hydroxyl groups excluding tert-OH is 1. The number of hydrogen-bond acceptors (Lipinski definition) is 8. The molecule has 122 valence electrons. The number of tetrazole rings is 1. The largest absolute Gasteiger partial charge is 0.477 e. The molecule has 1 fully saturated rings. The van der Waals surface area contributed by atoms with Crippen molar-refractivity contribution in [3.05, 3.63) is 17.6 Å². The Bertz CT molecular complexity index is 689. The highest BCUT2D eigenvalue weighted by molar-refractivity contribution is 8.00. The summed E-state index contributed by atoms with van der Waals surface area (Å²) in [5, 5.41) is 30.8. The van der Waals surface area contributed by atoms with Crippen LogP contribution in [0.5, 0.6) is 0 Å². The number of aliphatic hydroxyl groups is 1. The smallest absolute Gasteiger partial charge is 0.352 e. The summed E-state index contributed by atoms with van der Waals surface area (Å²) in [6.07, 6.45) is 1.27. The quantitative estimate of drug-likeness (QED) is 0.490. The lowest BCUT2D eigenvalue weighted by atomic mass is 10.0. The number of rotatable bonds is 5. The molecule has 3 heterocycles. The number of carbonyl (C=O) groups is 3. The molecule has 0 spiro atoms. The second-order valence-corrected chi connectivity index (χ2v) is 5.98. The number of amides is 2. The number of carboxylic acid groups (broad SMARTS) is 1. The first-order valence-electron chi connectivity index (χ1n) is 6.54. The van der Waals surface area contributed by atoms with E-state index in [9.17, 15) is 24.6 Å². The fourth-order valence-corrected chi connectivity index (χ4v) is 3.76. The second kappa shape index (κ2) is 5.96. The number of nitrogens with one attached hydrogen (secondary N) is 1. The summed E-state index contributed by atoms with van der Waals surface area (Å²) < 4.78 is 1.21. The molecular weight excluding hydrogens is 328 g/mol. The van der Waals surface area contributed by atoms with Gasteiger partial charge in [-0.3, -0.25) is 14.5 Å². The first kappa shape index (κ1) is 15.4.